The molecular weight excluding hydrogens is 432 g/mol. The summed E-state index contributed by atoms with van der Waals surface area (Å²) in [7, 11) is -2.51. The van der Waals surface area contributed by atoms with Crippen LogP contribution < -0.4 is 4.72 Å². The standard InChI is InChI=1S/C18H27ClN6O4S/c1-10(2)25-17(13-5-12(6-13)9-26)22-23-18(25)24-30(27,28)11(3)15(29-4)16-20-7-14(19)8-21-16/h7-8,10-13,15,26H,5-6,9H2,1-4H3,(H,23,24)/t11?,12-,13-,15?. The van der Waals surface area contributed by atoms with Crippen LogP contribution in [0.2, 0.25) is 5.02 Å². The summed E-state index contributed by atoms with van der Waals surface area (Å²) in [6, 6.07) is -0.0472. The molecule has 0 aromatic carbocycles. The molecule has 30 heavy (non-hydrogen) atoms. The van der Waals surface area contributed by atoms with Gasteiger partial charge in [0.25, 0.3) is 0 Å². The lowest BCUT2D eigenvalue weighted by atomic mass is 9.75. The van der Waals surface area contributed by atoms with Gasteiger partial charge in [-0.1, -0.05) is 11.6 Å². The van der Waals surface area contributed by atoms with Crippen LogP contribution in [0.25, 0.3) is 0 Å². The predicted octanol–water partition coefficient (Wildman–Crippen LogP) is 2.31. The Labute approximate surface area is 181 Å². The zero-order valence-corrected chi connectivity index (χ0v) is 18.9. The van der Waals surface area contributed by atoms with Gasteiger partial charge in [0, 0.05) is 38.1 Å². The number of nitrogens with one attached hydrogen (secondary N) is 1. The van der Waals surface area contributed by atoms with E-state index in [1.807, 2.05) is 13.8 Å². The van der Waals surface area contributed by atoms with Gasteiger partial charge in [0.05, 0.1) is 5.02 Å². The number of aliphatic hydroxyl groups is 1. The maximum Gasteiger partial charge on any atom is 0.240 e. The molecule has 2 N–H and O–H groups in total. The monoisotopic (exact) mass is 458 g/mol. The van der Waals surface area contributed by atoms with E-state index in [4.69, 9.17) is 16.3 Å². The lowest BCUT2D eigenvalue weighted by Crippen LogP contribution is -2.34. The first-order chi connectivity index (χ1) is 14.2. The van der Waals surface area contributed by atoms with Crippen molar-refractivity contribution in [3.63, 3.8) is 0 Å². The molecule has 1 aliphatic rings. The maximum atomic E-state index is 13.1. The molecule has 2 unspecified atom stereocenters. The second-order valence-corrected chi connectivity index (χ2v) is 10.3. The molecule has 2 heterocycles. The fourth-order valence-corrected chi connectivity index (χ4v) is 4.85. The van der Waals surface area contributed by atoms with Crippen LogP contribution in [-0.4, -0.2) is 57.2 Å². The van der Waals surface area contributed by atoms with Gasteiger partial charge in [-0.2, -0.15) is 0 Å². The van der Waals surface area contributed by atoms with Crippen molar-refractivity contribution in [2.45, 2.75) is 56.9 Å². The van der Waals surface area contributed by atoms with E-state index >= 15 is 0 Å². The van der Waals surface area contributed by atoms with Crippen LogP contribution in [0.3, 0.4) is 0 Å². The molecule has 1 fully saturated rings. The van der Waals surface area contributed by atoms with Crippen LogP contribution >= 0.6 is 11.6 Å². The molecule has 10 nitrogen and oxygen atoms in total. The van der Waals surface area contributed by atoms with Gasteiger partial charge >= 0.3 is 0 Å². The quantitative estimate of drug-likeness (QED) is 0.584. The Morgan fingerprint density at radius 2 is 1.90 bits per heavy atom. The van der Waals surface area contributed by atoms with Crippen molar-refractivity contribution < 1.29 is 18.3 Å². The predicted molar refractivity (Wildman–Crippen MR) is 112 cm³/mol. The van der Waals surface area contributed by atoms with E-state index in [0.29, 0.717) is 5.02 Å². The average Bonchev–Trinajstić information content (AvgIpc) is 3.05. The molecule has 1 aliphatic carbocycles. The number of ether oxygens (including phenoxy) is 1. The van der Waals surface area contributed by atoms with Crippen LogP contribution in [0.5, 0.6) is 0 Å². The van der Waals surface area contributed by atoms with Crippen LogP contribution in [-0.2, 0) is 14.8 Å². The van der Waals surface area contributed by atoms with Crippen molar-refractivity contribution >= 4 is 27.6 Å². The minimum absolute atomic E-state index is 0.0472. The van der Waals surface area contributed by atoms with Crippen molar-refractivity contribution in [2.75, 3.05) is 18.4 Å². The first-order valence-electron chi connectivity index (χ1n) is 9.75. The Bertz CT molecular complexity index is 960. The third-order valence-electron chi connectivity index (χ3n) is 5.40. The SMILES string of the molecule is COC(c1ncc(Cl)cn1)C(C)S(=O)(=O)Nc1nnc([C@H]2C[C@H](CO)C2)n1C(C)C. The highest BCUT2D eigenvalue weighted by atomic mass is 35.5. The topological polar surface area (TPSA) is 132 Å². The summed E-state index contributed by atoms with van der Waals surface area (Å²) in [6.07, 6.45) is 3.51. The Hall–Kier alpha value is -1.82. The van der Waals surface area contributed by atoms with E-state index in [9.17, 15) is 13.5 Å². The highest BCUT2D eigenvalue weighted by Gasteiger charge is 2.37. The highest BCUT2D eigenvalue weighted by Crippen LogP contribution is 2.42. The van der Waals surface area contributed by atoms with E-state index in [-0.39, 0.29) is 36.3 Å². The Morgan fingerprint density at radius 1 is 1.27 bits per heavy atom. The largest absolute Gasteiger partial charge is 0.396 e. The zero-order chi connectivity index (χ0) is 22.1. The van der Waals surface area contributed by atoms with Crippen molar-refractivity contribution in [3.05, 3.63) is 29.1 Å². The highest BCUT2D eigenvalue weighted by molar-refractivity contribution is 7.93. The average molecular weight is 459 g/mol. The minimum Gasteiger partial charge on any atom is -0.396 e. The van der Waals surface area contributed by atoms with Crippen LogP contribution in [0, 0.1) is 5.92 Å². The molecule has 0 saturated heterocycles. The molecule has 0 bridgehead atoms. The molecule has 2 aromatic rings. The van der Waals surface area contributed by atoms with Gasteiger partial charge < -0.3 is 9.84 Å². The lowest BCUT2D eigenvalue weighted by Gasteiger charge is -2.34. The third-order valence-corrected chi connectivity index (χ3v) is 7.28. The number of rotatable bonds is 9. The van der Waals surface area contributed by atoms with Crippen LogP contribution in [0.1, 0.15) is 63.3 Å². The molecule has 2 atom stereocenters. The van der Waals surface area contributed by atoms with Gasteiger partial charge in [-0.25, -0.2) is 18.4 Å². The smallest absolute Gasteiger partial charge is 0.240 e. The normalized spacial score (nSPS) is 21.3. The zero-order valence-electron chi connectivity index (χ0n) is 17.4. The molecular formula is C18H27ClN6O4S. The summed E-state index contributed by atoms with van der Waals surface area (Å²) in [6.45, 7) is 5.54. The fraction of sp³-hybridized carbons (Fsp3) is 0.667. The van der Waals surface area contributed by atoms with Crippen molar-refractivity contribution in [2.24, 2.45) is 5.92 Å². The van der Waals surface area contributed by atoms with E-state index in [1.165, 1.54) is 26.4 Å². The summed E-state index contributed by atoms with van der Waals surface area (Å²) in [5.74, 6) is 1.52. The number of halogens is 1. The second kappa shape index (κ2) is 9.13. The number of hydrogen-bond acceptors (Lipinski definition) is 8. The first-order valence-corrected chi connectivity index (χ1v) is 11.7. The Kier molecular flexibility index (Phi) is 6.95. The molecule has 0 aliphatic heterocycles. The van der Waals surface area contributed by atoms with Gasteiger partial charge in [-0.15, -0.1) is 10.2 Å². The molecule has 166 valence electrons. The number of sulfonamides is 1. The summed E-state index contributed by atoms with van der Waals surface area (Å²) in [4.78, 5) is 8.17. The molecule has 0 radical (unpaired) electrons. The first kappa shape index (κ1) is 22.9. The third kappa shape index (κ3) is 4.58. The lowest BCUT2D eigenvalue weighted by molar-refractivity contribution is 0.0950. The summed E-state index contributed by atoms with van der Waals surface area (Å²) in [5.41, 5.74) is 0. The van der Waals surface area contributed by atoms with Crippen molar-refractivity contribution in [1.82, 2.24) is 24.7 Å². The minimum atomic E-state index is -3.91. The summed E-state index contributed by atoms with van der Waals surface area (Å²) >= 11 is 5.82. The fourth-order valence-electron chi connectivity index (χ4n) is 3.62. The van der Waals surface area contributed by atoms with Crippen molar-refractivity contribution in [3.8, 4) is 0 Å². The number of aromatic nitrogens is 5. The van der Waals surface area contributed by atoms with Gasteiger partial charge in [-0.3, -0.25) is 9.29 Å². The molecule has 0 amide bonds. The number of anilines is 1. The number of methoxy groups -OCH3 is 1. The number of hydrogen-bond donors (Lipinski definition) is 2. The number of aliphatic hydroxyl groups excluding tert-OH is 1. The molecule has 12 heteroatoms. The maximum absolute atomic E-state index is 13.1. The molecule has 3 rings (SSSR count). The van der Waals surface area contributed by atoms with Gasteiger partial charge in [0.2, 0.25) is 16.0 Å². The van der Waals surface area contributed by atoms with E-state index in [0.717, 1.165) is 18.7 Å². The van der Waals surface area contributed by atoms with Gasteiger partial charge in [0.15, 0.2) is 5.82 Å². The Balaban J connectivity index is 1.83. The van der Waals surface area contributed by atoms with Crippen LogP contribution in [0.4, 0.5) is 5.95 Å². The Morgan fingerprint density at radius 3 is 2.43 bits per heavy atom. The number of nitrogens with zero attached hydrogens (tertiary/aromatic N) is 5. The van der Waals surface area contributed by atoms with E-state index < -0.39 is 21.4 Å². The van der Waals surface area contributed by atoms with E-state index in [2.05, 4.69) is 24.9 Å². The molecule has 2 aromatic heterocycles. The molecule has 0 spiro atoms. The van der Waals surface area contributed by atoms with Gasteiger partial charge in [0.1, 0.15) is 17.2 Å². The van der Waals surface area contributed by atoms with Crippen LogP contribution in [0.15, 0.2) is 12.4 Å². The van der Waals surface area contributed by atoms with Gasteiger partial charge in [-0.05, 0) is 39.5 Å². The summed E-state index contributed by atoms with van der Waals surface area (Å²) < 4.78 is 35.9. The van der Waals surface area contributed by atoms with E-state index in [1.54, 1.807) is 4.57 Å². The summed E-state index contributed by atoms with van der Waals surface area (Å²) in [5, 5.41) is 16.9. The second-order valence-electron chi connectivity index (χ2n) is 7.83. The molecule has 1 saturated carbocycles. The van der Waals surface area contributed by atoms with Crippen molar-refractivity contribution in [1.29, 1.82) is 0 Å².